The maximum atomic E-state index is 12.8. The lowest BCUT2D eigenvalue weighted by Crippen LogP contribution is -2.34. The Hall–Kier alpha value is -2.13. The van der Waals surface area contributed by atoms with Crippen LogP contribution in [-0.4, -0.2) is 48.0 Å². The second kappa shape index (κ2) is 5.10. The second-order valence-electron chi connectivity index (χ2n) is 3.89. The average Bonchev–Trinajstić information content (AvgIpc) is 2.41. The summed E-state index contributed by atoms with van der Waals surface area (Å²) in [6.45, 7) is -0.837. The first-order valence-corrected chi connectivity index (χ1v) is 6.81. The molecule has 0 unspecified atom stereocenters. The Balaban J connectivity index is 2.55. The van der Waals surface area contributed by atoms with Crippen LogP contribution in [0.25, 0.3) is 0 Å². The molecule has 1 aromatic heterocycles. The number of rotatable bonds is 3. The molecule has 106 valence electrons. The summed E-state index contributed by atoms with van der Waals surface area (Å²) in [5.74, 6) is -1.36. The largest absolute Gasteiger partial charge is 0.388 e. The molecule has 1 N–H and O–H groups in total. The van der Waals surface area contributed by atoms with E-state index in [9.17, 15) is 17.6 Å². The van der Waals surface area contributed by atoms with Gasteiger partial charge in [0, 0.05) is 7.05 Å². The lowest BCUT2D eigenvalue weighted by molar-refractivity contribution is -0.119. The van der Waals surface area contributed by atoms with Crippen LogP contribution in [-0.2, 0) is 15.0 Å². The maximum absolute atomic E-state index is 12.8. The Bertz CT molecular complexity index is 710. The number of aliphatic hydroxyl groups excluding tert-OH is 1. The van der Waals surface area contributed by atoms with E-state index in [1.807, 2.05) is 0 Å². The Morgan fingerprint density at radius 2 is 2.15 bits per heavy atom. The van der Waals surface area contributed by atoms with Crippen molar-refractivity contribution in [1.82, 2.24) is 9.29 Å². The quantitative estimate of drug-likeness (QED) is 0.822. The van der Waals surface area contributed by atoms with E-state index >= 15 is 0 Å². The van der Waals surface area contributed by atoms with Gasteiger partial charge in [-0.15, -0.1) is 4.40 Å². The summed E-state index contributed by atoms with van der Waals surface area (Å²) in [7, 11) is -2.94. The van der Waals surface area contributed by atoms with Crippen molar-refractivity contribution in [2.45, 2.75) is 0 Å². The van der Waals surface area contributed by atoms with Crippen molar-refractivity contribution in [3.8, 4) is 0 Å². The molecule has 0 aliphatic carbocycles. The van der Waals surface area contributed by atoms with Crippen LogP contribution in [0.15, 0.2) is 34.5 Å². The van der Waals surface area contributed by atoms with E-state index < -0.39 is 28.4 Å². The minimum Gasteiger partial charge on any atom is -0.388 e. The van der Waals surface area contributed by atoms with E-state index in [2.05, 4.69) is 9.38 Å². The fraction of sp³-hybridized carbons (Fsp3) is 0.182. The van der Waals surface area contributed by atoms with Crippen LogP contribution in [0.4, 0.5) is 4.39 Å². The molecule has 7 nitrogen and oxygen atoms in total. The van der Waals surface area contributed by atoms with E-state index in [0.29, 0.717) is 4.31 Å². The number of pyridine rings is 1. The number of likely N-dealkylation sites (N-methyl/N-ethyl adjacent to an activating group) is 1. The molecule has 1 aliphatic heterocycles. The normalized spacial score (nSPS) is 17.4. The minimum absolute atomic E-state index is 0.0973. The summed E-state index contributed by atoms with van der Waals surface area (Å²) in [4.78, 5) is 15.2. The predicted octanol–water partition coefficient (Wildman–Crippen LogP) is -0.355. The summed E-state index contributed by atoms with van der Waals surface area (Å²) in [6.07, 6.45) is 2.09. The van der Waals surface area contributed by atoms with Crippen LogP contribution in [0.3, 0.4) is 0 Å². The zero-order valence-electron chi connectivity index (χ0n) is 10.3. The van der Waals surface area contributed by atoms with Gasteiger partial charge in [0.1, 0.15) is 23.8 Å². The Labute approximate surface area is 114 Å². The van der Waals surface area contributed by atoms with Gasteiger partial charge in [0.05, 0.1) is 11.9 Å². The van der Waals surface area contributed by atoms with Gasteiger partial charge in [-0.1, -0.05) is 0 Å². The van der Waals surface area contributed by atoms with E-state index in [1.165, 1.54) is 12.1 Å². The molecular formula is C11H10FN3O4S. The molecule has 2 heterocycles. The molecule has 1 aromatic rings. The molecule has 0 atom stereocenters. The van der Waals surface area contributed by atoms with Crippen molar-refractivity contribution >= 4 is 21.7 Å². The molecule has 0 saturated carbocycles. The third-order valence-electron chi connectivity index (χ3n) is 2.59. The molecule has 0 radical (unpaired) electrons. The van der Waals surface area contributed by atoms with Gasteiger partial charge in [-0.3, -0.25) is 14.1 Å². The van der Waals surface area contributed by atoms with Crippen LogP contribution in [0.1, 0.15) is 5.69 Å². The highest BCUT2D eigenvalue weighted by Gasteiger charge is 2.29. The number of carbonyl (C=O) groups is 1. The van der Waals surface area contributed by atoms with E-state index in [4.69, 9.17) is 5.11 Å². The first-order chi connectivity index (χ1) is 9.35. The number of hydrogen-bond acceptors (Lipinski definition) is 5. The summed E-state index contributed by atoms with van der Waals surface area (Å²) < 4.78 is 40.6. The summed E-state index contributed by atoms with van der Waals surface area (Å²) in [6, 6.07) is 2.34. The SMILES string of the molecule is CN1C(C(=O)CO)=CC(c2ccc(F)cn2)=NS1(=O)=O. The van der Waals surface area contributed by atoms with Crippen LogP contribution in [0, 0.1) is 5.82 Å². The predicted molar refractivity (Wildman–Crippen MR) is 67.6 cm³/mol. The first-order valence-electron chi connectivity index (χ1n) is 5.41. The third-order valence-corrected chi connectivity index (χ3v) is 3.91. The molecule has 9 heteroatoms. The highest BCUT2D eigenvalue weighted by molar-refractivity contribution is 7.88. The van der Waals surface area contributed by atoms with E-state index in [1.54, 1.807) is 0 Å². The summed E-state index contributed by atoms with van der Waals surface area (Å²) >= 11 is 0. The highest BCUT2D eigenvalue weighted by atomic mass is 32.2. The minimum atomic E-state index is -4.09. The monoisotopic (exact) mass is 299 g/mol. The first kappa shape index (κ1) is 14.3. The van der Waals surface area contributed by atoms with Crippen molar-refractivity contribution < 1.29 is 22.7 Å². The van der Waals surface area contributed by atoms with Crippen molar-refractivity contribution in [3.63, 3.8) is 0 Å². The molecule has 0 saturated heterocycles. The average molecular weight is 299 g/mol. The van der Waals surface area contributed by atoms with E-state index in [0.717, 1.165) is 19.3 Å². The lowest BCUT2D eigenvalue weighted by atomic mass is 10.1. The molecule has 0 aromatic carbocycles. The molecule has 0 fully saturated rings. The van der Waals surface area contributed by atoms with Crippen LogP contribution in [0.2, 0.25) is 0 Å². The Morgan fingerprint density at radius 1 is 1.45 bits per heavy atom. The molecule has 2 rings (SSSR count). The number of Topliss-reactive ketones (excluding diaryl/α,β-unsaturated/α-hetero) is 1. The fourth-order valence-electron chi connectivity index (χ4n) is 1.54. The Kier molecular flexibility index (Phi) is 3.64. The van der Waals surface area contributed by atoms with Crippen molar-refractivity contribution in [1.29, 1.82) is 0 Å². The second-order valence-corrected chi connectivity index (χ2v) is 5.52. The van der Waals surface area contributed by atoms with Gasteiger partial charge in [-0.05, 0) is 18.2 Å². The summed E-state index contributed by atoms with van der Waals surface area (Å²) in [5, 5.41) is 8.85. The van der Waals surface area contributed by atoms with Crippen LogP contribution < -0.4 is 0 Å². The fourth-order valence-corrected chi connectivity index (χ4v) is 2.46. The van der Waals surface area contributed by atoms with Gasteiger partial charge in [0.25, 0.3) is 0 Å². The third kappa shape index (κ3) is 2.58. The number of allylic oxidation sites excluding steroid dienone is 1. The molecule has 0 spiro atoms. The Morgan fingerprint density at radius 3 is 2.70 bits per heavy atom. The highest BCUT2D eigenvalue weighted by Crippen LogP contribution is 2.19. The summed E-state index contributed by atoms with van der Waals surface area (Å²) in [5.41, 5.74) is -0.227. The van der Waals surface area contributed by atoms with Gasteiger partial charge in [0.2, 0.25) is 5.78 Å². The standard InChI is InChI=1S/C11H10FN3O4S/c1-15-10(11(17)6-16)4-9(14-20(15,18)19)8-3-2-7(12)5-13-8/h2-5,16H,6H2,1H3. The molecule has 1 aliphatic rings. The lowest BCUT2D eigenvalue weighted by Gasteiger charge is -2.22. The number of aliphatic hydroxyl groups is 1. The molecule has 20 heavy (non-hydrogen) atoms. The molecule has 0 bridgehead atoms. The van der Waals surface area contributed by atoms with Gasteiger partial charge in [-0.25, -0.2) is 4.39 Å². The number of nitrogens with zero attached hydrogens (tertiary/aromatic N) is 3. The number of aromatic nitrogens is 1. The van der Waals surface area contributed by atoms with Gasteiger partial charge in [-0.2, -0.15) is 8.42 Å². The maximum Gasteiger partial charge on any atom is 0.345 e. The number of hydrogen-bond donors (Lipinski definition) is 1. The van der Waals surface area contributed by atoms with Crippen LogP contribution >= 0.6 is 0 Å². The van der Waals surface area contributed by atoms with Crippen molar-refractivity contribution in [2.75, 3.05) is 13.7 Å². The molecular weight excluding hydrogens is 289 g/mol. The van der Waals surface area contributed by atoms with Gasteiger partial charge in [0.15, 0.2) is 0 Å². The number of carbonyl (C=O) groups excluding carboxylic acids is 1. The van der Waals surface area contributed by atoms with E-state index in [-0.39, 0.29) is 17.1 Å². The smallest absolute Gasteiger partial charge is 0.345 e. The topological polar surface area (TPSA) is 99.9 Å². The number of halogens is 1. The van der Waals surface area contributed by atoms with Crippen molar-refractivity contribution in [3.05, 3.63) is 41.6 Å². The van der Waals surface area contributed by atoms with Gasteiger partial charge >= 0.3 is 10.2 Å². The van der Waals surface area contributed by atoms with Crippen LogP contribution in [0.5, 0.6) is 0 Å². The van der Waals surface area contributed by atoms with Gasteiger partial charge < -0.3 is 5.11 Å². The molecule has 0 amide bonds. The zero-order chi connectivity index (χ0) is 14.9. The zero-order valence-corrected chi connectivity index (χ0v) is 11.1. The van der Waals surface area contributed by atoms with Crippen molar-refractivity contribution in [2.24, 2.45) is 4.40 Å². The number of ketones is 1.